The van der Waals surface area contributed by atoms with E-state index < -0.39 is 11.7 Å². The lowest BCUT2D eigenvalue weighted by Crippen LogP contribution is -2.11. The van der Waals surface area contributed by atoms with E-state index >= 15 is 0 Å². The molecule has 0 saturated carbocycles. The number of hydrogen-bond acceptors (Lipinski definition) is 3. The van der Waals surface area contributed by atoms with Crippen LogP contribution in [-0.2, 0) is 19.6 Å². The van der Waals surface area contributed by atoms with Gasteiger partial charge in [0, 0.05) is 32.4 Å². The van der Waals surface area contributed by atoms with Gasteiger partial charge in [-0.25, -0.2) is 4.98 Å². The summed E-state index contributed by atoms with van der Waals surface area (Å²) in [5.41, 5.74) is 5.45. The number of nitrogens with two attached hydrogens (primary N) is 1. The molecule has 7 heteroatoms. The zero-order chi connectivity index (χ0) is 14.8. The molecular weight excluding hydrogens is 269 g/mol. The number of rotatable bonds is 4. The molecule has 1 aromatic heterocycles. The van der Waals surface area contributed by atoms with E-state index in [1.54, 1.807) is 6.20 Å². The highest BCUT2D eigenvalue weighted by Gasteiger charge is 2.30. The van der Waals surface area contributed by atoms with Crippen molar-refractivity contribution in [3.05, 3.63) is 42.0 Å². The molecule has 108 valence electrons. The number of nitrogens with one attached hydrogen (secondary N) is 1. The number of alkyl halides is 3. The number of nitrogen functional groups attached to an aromatic ring is 1. The van der Waals surface area contributed by atoms with Crippen molar-refractivity contribution in [3.8, 4) is 0 Å². The van der Waals surface area contributed by atoms with Crippen LogP contribution >= 0.6 is 0 Å². The van der Waals surface area contributed by atoms with Gasteiger partial charge in [-0.2, -0.15) is 13.2 Å². The fraction of sp³-hybridized carbons (Fsp3) is 0.308. The summed E-state index contributed by atoms with van der Waals surface area (Å²) in [6.45, 7) is 0.542. The van der Waals surface area contributed by atoms with Crippen LogP contribution in [0.25, 0.3) is 0 Å². The van der Waals surface area contributed by atoms with Crippen LogP contribution in [0, 0.1) is 0 Å². The minimum Gasteiger partial charge on any atom is -0.397 e. The van der Waals surface area contributed by atoms with Crippen LogP contribution in [0.3, 0.4) is 0 Å². The predicted octanol–water partition coefficient (Wildman–Crippen LogP) is 2.68. The van der Waals surface area contributed by atoms with Gasteiger partial charge in [0.05, 0.1) is 16.9 Å². The number of aromatic nitrogens is 2. The fourth-order valence-electron chi connectivity index (χ4n) is 1.85. The molecule has 1 heterocycles. The molecule has 0 bridgehead atoms. The second kappa shape index (κ2) is 5.44. The van der Waals surface area contributed by atoms with Crippen LogP contribution in [0.4, 0.5) is 24.5 Å². The highest BCUT2D eigenvalue weighted by molar-refractivity contribution is 5.67. The van der Waals surface area contributed by atoms with Crippen molar-refractivity contribution < 1.29 is 13.2 Å². The van der Waals surface area contributed by atoms with Crippen molar-refractivity contribution in [1.82, 2.24) is 9.55 Å². The molecule has 0 aliphatic rings. The first-order valence-electron chi connectivity index (χ1n) is 6.04. The van der Waals surface area contributed by atoms with E-state index in [0.717, 1.165) is 18.0 Å². The zero-order valence-corrected chi connectivity index (χ0v) is 10.9. The van der Waals surface area contributed by atoms with Gasteiger partial charge < -0.3 is 15.6 Å². The molecule has 3 N–H and O–H groups in total. The third-order valence-corrected chi connectivity index (χ3v) is 2.96. The Hall–Kier alpha value is -2.18. The van der Waals surface area contributed by atoms with Gasteiger partial charge in [-0.15, -0.1) is 0 Å². The second-order valence-corrected chi connectivity index (χ2v) is 4.43. The molecule has 0 aliphatic heterocycles. The number of hydrogen-bond donors (Lipinski definition) is 2. The third-order valence-electron chi connectivity index (χ3n) is 2.96. The van der Waals surface area contributed by atoms with Gasteiger partial charge in [0.1, 0.15) is 5.82 Å². The molecule has 0 amide bonds. The number of anilines is 2. The minimum absolute atomic E-state index is 0.0830. The van der Waals surface area contributed by atoms with Crippen LogP contribution < -0.4 is 11.1 Å². The Morgan fingerprint density at radius 2 is 2.10 bits per heavy atom. The number of nitrogens with zero attached hydrogens (tertiary/aromatic N) is 2. The predicted molar refractivity (Wildman–Crippen MR) is 71.3 cm³/mol. The Bertz CT molecular complexity index is 590. The zero-order valence-electron chi connectivity index (χ0n) is 10.9. The van der Waals surface area contributed by atoms with Crippen molar-refractivity contribution in [2.75, 3.05) is 17.6 Å². The molecule has 0 aliphatic carbocycles. The van der Waals surface area contributed by atoms with E-state index in [0.29, 0.717) is 18.7 Å². The second-order valence-electron chi connectivity index (χ2n) is 4.43. The largest absolute Gasteiger partial charge is 0.416 e. The quantitative estimate of drug-likeness (QED) is 0.849. The Morgan fingerprint density at radius 1 is 1.35 bits per heavy atom. The topological polar surface area (TPSA) is 55.9 Å². The molecule has 0 unspecified atom stereocenters. The Balaban J connectivity index is 1.98. The van der Waals surface area contributed by atoms with Crippen molar-refractivity contribution in [1.29, 1.82) is 0 Å². The highest BCUT2D eigenvalue weighted by Crippen LogP contribution is 2.32. The van der Waals surface area contributed by atoms with Gasteiger partial charge in [0.25, 0.3) is 0 Å². The number of halogens is 3. The Morgan fingerprint density at radius 3 is 2.65 bits per heavy atom. The lowest BCUT2D eigenvalue weighted by Gasteiger charge is -2.12. The monoisotopic (exact) mass is 284 g/mol. The lowest BCUT2D eigenvalue weighted by atomic mass is 10.1. The average molecular weight is 284 g/mol. The van der Waals surface area contributed by atoms with Crippen LogP contribution in [-0.4, -0.2) is 16.1 Å². The van der Waals surface area contributed by atoms with E-state index in [2.05, 4.69) is 10.3 Å². The van der Waals surface area contributed by atoms with Crippen molar-refractivity contribution in [2.45, 2.75) is 12.6 Å². The van der Waals surface area contributed by atoms with E-state index in [-0.39, 0.29) is 5.69 Å². The van der Waals surface area contributed by atoms with Gasteiger partial charge in [0.15, 0.2) is 0 Å². The van der Waals surface area contributed by atoms with Crippen LogP contribution in [0.2, 0.25) is 0 Å². The van der Waals surface area contributed by atoms with E-state index in [1.807, 2.05) is 17.8 Å². The normalized spacial score (nSPS) is 11.6. The van der Waals surface area contributed by atoms with Gasteiger partial charge in [-0.1, -0.05) is 0 Å². The van der Waals surface area contributed by atoms with Crippen LogP contribution in [0.5, 0.6) is 0 Å². The first kappa shape index (κ1) is 14.2. The lowest BCUT2D eigenvalue weighted by molar-refractivity contribution is -0.137. The Kier molecular flexibility index (Phi) is 3.87. The summed E-state index contributed by atoms with van der Waals surface area (Å²) in [7, 11) is 1.88. The van der Waals surface area contributed by atoms with Gasteiger partial charge in [-0.3, -0.25) is 0 Å². The summed E-state index contributed by atoms with van der Waals surface area (Å²) in [5.74, 6) is 0.892. The summed E-state index contributed by atoms with van der Waals surface area (Å²) in [4.78, 5) is 4.16. The summed E-state index contributed by atoms with van der Waals surface area (Å²) in [5, 5.41) is 3.01. The SMILES string of the molecule is Cn1ccnc1CCNc1ccc(C(F)(F)F)cc1N. The van der Waals surface area contributed by atoms with Crippen LogP contribution in [0.1, 0.15) is 11.4 Å². The average Bonchev–Trinajstić information content (AvgIpc) is 2.76. The van der Waals surface area contributed by atoms with Crippen molar-refractivity contribution >= 4 is 11.4 Å². The highest BCUT2D eigenvalue weighted by atomic mass is 19.4. The van der Waals surface area contributed by atoms with Gasteiger partial charge >= 0.3 is 6.18 Å². The molecule has 0 fully saturated rings. The maximum atomic E-state index is 12.5. The van der Waals surface area contributed by atoms with E-state index in [4.69, 9.17) is 5.73 Å². The van der Waals surface area contributed by atoms with E-state index in [9.17, 15) is 13.2 Å². The Labute approximate surface area is 114 Å². The molecule has 4 nitrogen and oxygen atoms in total. The molecule has 1 aromatic carbocycles. The summed E-state index contributed by atoms with van der Waals surface area (Å²) < 4.78 is 39.4. The third kappa shape index (κ3) is 3.23. The number of aryl methyl sites for hydroxylation is 1. The summed E-state index contributed by atoms with van der Waals surface area (Å²) in [6, 6.07) is 3.29. The number of imidazole rings is 1. The van der Waals surface area contributed by atoms with Crippen molar-refractivity contribution in [2.24, 2.45) is 7.05 Å². The molecule has 0 saturated heterocycles. The van der Waals surface area contributed by atoms with Gasteiger partial charge in [0.2, 0.25) is 0 Å². The maximum absolute atomic E-state index is 12.5. The fourth-order valence-corrected chi connectivity index (χ4v) is 1.85. The molecule has 0 radical (unpaired) electrons. The molecule has 0 spiro atoms. The first-order valence-corrected chi connectivity index (χ1v) is 6.04. The maximum Gasteiger partial charge on any atom is 0.416 e. The molecular formula is C13H15F3N4. The standard InChI is InChI=1S/C13H15F3N4/c1-20-7-6-19-12(20)4-5-18-11-3-2-9(8-10(11)17)13(14,15)16/h2-3,6-8,18H,4-5,17H2,1H3. The molecule has 20 heavy (non-hydrogen) atoms. The smallest absolute Gasteiger partial charge is 0.397 e. The van der Waals surface area contributed by atoms with E-state index in [1.165, 1.54) is 6.07 Å². The minimum atomic E-state index is -4.38. The molecule has 0 atom stereocenters. The van der Waals surface area contributed by atoms with Gasteiger partial charge in [-0.05, 0) is 18.2 Å². The van der Waals surface area contributed by atoms with Crippen LogP contribution in [0.15, 0.2) is 30.6 Å². The number of benzene rings is 1. The summed E-state index contributed by atoms with van der Waals surface area (Å²) in [6.07, 6.45) is -0.187. The van der Waals surface area contributed by atoms with Crippen molar-refractivity contribution in [3.63, 3.8) is 0 Å². The molecule has 2 aromatic rings. The first-order chi connectivity index (χ1) is 9.38. The molecule has 2 rings (SSSR count). The summed E-state index contributed by atoms with van der Waals surface area (Å²) >= 11 is 0.